The molecule has 0 spiro atoms. The number of carbonyl (C=O) groups is 1. The zero-order valence-corrected chi connectivity index (χ0v) is 14.3. The van der Waals surface area contributed by atoms with Crippen molar-refractivity contribution in [1.82, 2.24) is 4.90 Å². The second-order valence-corrected chi connectivity index (χ2v) is 6.89. The van der Waals surface area contributed by atoms with Gasteiger partial charge in [-0.2, -0.15) is 0 Å². The summed E-state index contributed by atoms with van der Waals surface area (Å²) in [5, 5.41) is 3.45. The first-order chi connectivity index (χ1) is 10.3. The van der Waals surface area contributed by atoms with Gasteiger partial charge in [-0.1, -0.05) is 11.6 Å². The Morgan fingerprint density at radius 3 is 2.64 bits per heavy atom. The highest BCUT2D eigenvalue weighted by Gasteiger charge is 2.22. The van der Waals surface area contributed by atoms with E-state index in [1.807, 2.05) is 12.1 Å². The third kappa shape index (κ3) is 4.35. The molecule has 1 aliphatic rings. The molecule has 1 amide bonds. The van der Waals surface area contributed by atoms with E-state index in [4.69, 9.17) is 17.3 Å². The van der Waals surface area contributed by atoms with E-state index in [1.54, 1.807) is 19.9 Å². The van der Waals surface area contributed by atoms with Gasteiger partial charge in [-0.05, 0) is 52.1 Å². The van der Waals surface area contributed by atoms with Crippen LogP contribution in [0.25, 0.3) is 0 Å². The molecule has 0 bridgehead atoms. The Bertz CT molecular complexity index is 541. The Hall–Kier alpha value is -1.30. The van der Waals surface area contributed by atoms with Gasteiger partial charge in [0.1, 0.15) is 0 Å². The fourth-order valence-corrected chi connectivity index (χ4v) is 2.72. The molecule has 0 aliphatic carbocycles. The van der Waals surface area contributed by atoms with Crippen molar-refractivity contribution in [2.24, 2.45) is 5.73 Å². The minimum absolute atomic E-state index is 0.229. The van der Waals surface area contributed by atoms with Gasteiger partial charge in [0.15, 0.2) is 0 Å². The van der Waals surface area contributed by atoms with Crippen molar-refractivity contribution in [3.05, 3.63) is 23.2 Å². The molecule has 2 rings (SSSR count). The fraction of sp³-hybridized carbons (Fsp3) is 0.562. The predicted octanol–water partition coefficient (Wildman–Crippen LogP) is 2.16. The van der Waals surface area contributed by atoms with Crippen LogP contribution in [0.3, 0.4) is 0 Å². The lowest BCUT2D eigenvalue weighted by Crippen LogP contribution is -2.45. The molecule has 1 saturated heterocycles. The predicted molar refractivity (Wildman–Crippen MR) is 92.7 cm³/mol. The first-order valence-corrected chi connectivity index (χ1v) is 7.98. The summed E-state index contributed by atoms with van der Waals surface area (Å²) in [6, 6.07) is 5.63. The maximum atomic E-state index is 11.9. The lowest BCUT2D eigenvalue weighted by molar-refractivity contribution is -0.120. The number of hydrogen-bond donors (Lipinski definition) is 2. The van der Waals surface area contributed by atoms with Crippen molar-refractivity contribution in [2.45, 2.75) is 25.8 Å². The SMILES string of the molecule is CN1CCCN(c2ccc(NC(=O)C(C)(C)N)cc2Cl)CC1. The van der Waals surface area contributed by atoms with Gasteiger partial charge in [0.05, 0.1) is 16.2 Å². The normalized spacial score (nSPS) is 17.2. The van der Waals surface area contributed by atoms with E-state index in [0.29, 0.717) is 10.7 Å². The minimum atomic E-state index is -0.916. The molecule has 1 aliphatic heterocycles. The second kappa shape index (κ2) is 6.86. The van der Waals surface area contributed by atoms with Crippen LogP contribution in [-0.2, 0) is 4.79 Å². The van der Waals surface area contributed by atoms with Crippen LogP contribution >= 0.6 is 11.6 Å². The summed E-state index contributed by atoms with van der Waals surface area (Å²) in [4.78, 5) is 16.5. The molecule has 0 radical (unpaired) electrons. The molecule has 3 N–H and O–H groups in total. The van der Waals surface area contributed by atoms with Crippen molar-refractivity contribution in [2.75, 3.05) is 43.4 Å². The van der Waals surface area contributed by atoms with Crippen molar-refractivity contribution in [1.29, 1.82) is 0 Å². The minimum Gasteiger partial charge on any atom is -0.369 e. The number of halogens is 1. The number of carbonyl (C=O) groups excluding carboxylic acids is 1. The molecular formula is C16H25ClN4O. The molecule has 0 aromatic heterocycles. The van der Waals surface area contributed by atoms with Crippen LogP contribution in [0.2, 0.25) is 5.02 Å². The molecule has 1 fully saturated rings. The number of amides is 1. The Labute approximate surface area is 137 Å². The number of nitrogens with two attached hydrogens (primary N) is 1. The third-order valence-corrected chi connectivity index (χ3v) is 4.15. The Morgan fingerprint density at radius 1 is 1.27 bits per heavy atom. The topological polar surface area (TPSA) is 61.6 Å². The van der Waals surface area contributed by atoms with Crippen molar-refractivity contribution in [3.8, 4) is 0 Å². The van der Waals surface area contributed by atoms with Gasteiger partial charge >= 0.3 is 0 Å². The van der Waals surface area contributed by atoms with Crippen LogP contribution in [-0.4, -0.2) is 49.6 Å². The van der Waals surface area contributed by atoms with Crippen molar-refractivity contribution < 1.29 is 4.79 Å². The number of likely N-dealkylation sites (N-methyl/N-ethyl adjacent to an activating group) is 1. The number of anilines is 2. The summed E-state index contributed by atoms with van der Waals surface area (Å²) < 4.78 is 0. The average molecular weight is 325 g/mol. The smallest absolute Gasteiger partial charge is 0.243 e. The second-order valence-electron chi connectivity index (χ2n) is 6.49. The van der Waals surface area contributed by atoms with E-state index in [9.17, 15) is 4.79 Å². The van der Waals surface area contributed by atoms with E-state index in [-0.39, 0.29) is 5.91 Å². The van der Waals surface area contributed by atoms with Gasteiger partial charge in [-0.25, -0.2) is 0 Å². The van der Waals surface area contributed by atoms with Gasteiger partial charge in [0, 0.05) is 25.3 Å². The standard InChI is InChI=1S/C16H25ClN4O/c1-16(2,18)15(22)19-12-5-6-14(13(17)11-12)21-8-4-7-20(3)9-10-21/h5-6,11H,4,7-10,18H2,1-3H3,(H,19,22). The maximum Gasteiger partial charge on any atom is 0.243 e. The van der Waals surface area contributed by atoms with Gasteiger partial charge in [-0.3, -0.25) is 4.79 Å². The average Bonchev–Trinajstić information content (AvgIpc) is 2.63. The van der Waals surface area contributed by atoms with Gasteiger partial charge in [-0.15, -0.1) is 0 Å². The Morgan fingerprint density at radius 2 is 2.00 bits per heavy atom. The van der Waals surface area contributed by atoms with E-state index >= 15 is 0 Å². The zero-order valence-electron chi connectivity index (χ0n) is 13.5. The largest absolute Gasteiger partial charge is 0.369 e. The molecular weight excluding hydrogens is 300 g/mol. The van der Waals surface area contributed by atoms with E-state index in [1.165, 1.54) is 0 Å². The van der Waals surface area contributed by atoms with Crippen LogP contribution < -0.4 is 16.0 Å². The molecule has 5 nitrogen and oxygen atoms in total. The highest BCUT2D eigenvalue weighted by Crippen LogP contribution is 2.29. The third-order valence-electron chi connectivity index (χ3n) is 3.85. The molecule has 1 aromatic carbocycles. The number of benzene rings is 1. The fourth-order valence-electron chi connectivity index (χ4n) is 2.42. The van der Waals surface area contributed by atoms with Crippen molar-refractivity contribution in [3.63, 3.8) is 0 Å². The van der Waals surface area contributed by atoms with Crippen LogP contribution in [0.4, 0.5) is 11.4 Å². The summed E-state index contributed by atoms with van der Waals surface area (Å²) in [5.41, 5.74) is 6.55. The monoisotopic (exact) mass is 324 g/mol. The number of rotatable bonds is 3. The first kappa shape index (κ1) is 17.1. The highest BCUT2D eigenvalue weighted by atomic mass is 35.5. The maximum absolute atomic E-state index is 11.9. The first-order valence-electron chi connectivity index (χ1n) is 7.61. The van der Waals surface area contributed by atoms with Crippen molar-refractivity contribution >= 4 is 28.9 Å². The molecule has 1 heterocycles. The number of nitrogens with one attached hydrogen (secondary N) is 1. The van der Waals surface area contributed by atoms with Gasteiger partial charge in [0.2, 0.25) is 5.91 Å². The van der Waals surface area contributed by atoms with Crippen LogP contribution in [0.5, 0.6) is 0 Å². The summed E-state index contributed by atoms with van der Waals surface area (Å²) in [6.07, 6.45) is 1.12. The molecule has 22 heavy (non-hydrogen) atoms. The van der Waals surface area contributed by atoms with E-state index in [2.05, 4.69) is 22.2 Å². The van der Waals surface area contributed by atoms with Crippen LogP contribution in [0.1, 0.15) is 20.3 Å². The lowest BCUT2D eigenvalue weighted by Gasteiger charge is -2.24. The molecule has 0 unspecified atom stereocenters. The summed E-state index contributed by atoms with van der Waals surface area (Å²) >= 11 is 6.41. The van der Waals surface area contributed by atoms with Crippen LogP contribution in [0.15, 0.2) is 18.2 Å². The van der Waals surface area contributed by atoms with E-state index < -0.39 is 5.54 Å². The quantitative estimate of drug-likeness (QED) is 0.894. The molecule has 6 heteroatoms. The lowest BCUT2D eigenvalue weighted by atomic mass is 10.1. The van der Waals surface area contributed by atoms with Gasteiger partial charge < -0.3 is 20.9 Å². The number of nitrogens with zero attached hydrogens (tertiary/aromatic N) is 2. The Balaban J connectivity index is 2.11. The summed E-state index contributed by atoms with van der Waals surface area (Å²) in [6.45, 7) is 7.42. The molecule has 0 saturated carbocycles. The van der Waals surface area contributed by atoms with Gasteiger partial charge in [0.25, 0.3) is 0 Å². The summed E-state index contributed by atoms with van der Waals surface area (Å²) in [5.74, 6) is -0.229. The van der Waals surface area contributed by atoms with Crippen LogP contribution in [0, 0.1) is 0 Å². The molecule has 1 aromatic rings. The molecule has 0 atom stereocenters. The molecule has 122 valence electrons. The number of hydrogen-bond acceptors (Lipinski definition) is 4. The Kier molecular flexibility index (Phi) is 5.32. The summed E-state index contributed by atoms with van der Waals surface area (Å²) in [7, 11) is 2.14. The van der Waals surface area contributed by atoms with E-state index in [0.717, 1.165) is 38.3 Å². The zero-order chi connectivity index (χ0) is 16.3. The highest BCUT2D eigenvalue weighted by molar-refractivity contribution is 6.33.